The second-order valence-corrected chi connectivity index (χ2v) is 11.3. The minimum absolute atomic E-state index is 0.671. The van der Waals surface area contributed by atoms with Crippen molar-refractivity contribution in [3.05, 3.63) is 152 Å². The molecule has 4 aromatic heterocycles. The summed E-state index contributed by atoms with van der Waals surface area (Å²) in [5, 5.41) is 4.27. The third-order valence-electron chi connectivity index (χ3n) is 8.49. The highest BCUT2D eigenvalue weighted by atomic mass is 14.9. The first kappa shape index (κ1) is 26.1. The van der Waals surface area contributed by atoms with Crippen molar-refractivity contribution in [2.24, 2.45) is 0 Å². The van der Waals surface area contributed by atoms with Crippen LogP contribution in [0.3, 0.4) is 0 Å². The van der Waals surface area contributed by atoms with Gasteiger partial charge in [-0.2, -0.15) is 0 Å². The Morgan fingerprint density at radius 3 is 1.76 bits per heavy atom. The van der Waals surface area contributed by atoms with Crippen molar-refractivity contribution >= 4 is 43.6 Å². The van der Waals surface area contributed by atoms with Crippen LogP contribution in [0.25, 0.3) is 88.8 Å². The average molecular weight is 588 g/mol. The molecule has 0 bridgehead atoms. The third kappa shape index (κ3) is 4.45. The van der Waals surface area contributed by atoms with Crippen LogP contribution in [0.15, 0.2) is 152 Å². The zero-order valence-corrected chi connectivity index (χ0v) is 24.7. The van der Waals surface area contributed by atoms with Gasteiger partial charge in [-0.15, -0.1) is 0 Å². The second kappa shape index (κ2) is 10.7. The summed E-state index contributed by atoms with van der Waals surface area (Å²) in [6.45, 7) is 0. The molecule has 4 heterocycles. The summed E-state index contributed by atoms with van der Waals surface area (Å²) >= 11 is 0. The van der Waals surface area contributed by atoms with Gasteiger partial charge in [0.2, 0.25) is 0 Å². The van der Waals surface area contributed by atoms with Gasteiger partial charge in [-0.1, -0.05) is 121 Å². The molecule has 46 heavy (non-hydrogen) atoms. The summed E-state index contributed by atoms with van der Waals surface area (Å²) in [7, 11) is 0. The van der Waals surface area contributed by atoms with E-state index in [4.69, 9.17) is 19.9 Å². The number of fused-ring (bicyclic) bond motifs is 6. The zero-order chi connectivity index (χ0) is 30.5. The van der Waals surface area contributed by atoms with Crippen LogP contribution in [0.1, 0.15) is 0 Å². The van der Waals surface area contributed by atoms with Gasteiger partial charge in [-0.05, 0) is 24.3 Å². The van der Waals surface area contributed by atoms with Gasteiger partial charge in [-0.25, -0.2) is 19.9 Å². The van der Waals surface area contributed by atoms with Gasteiger partial charge in [0.05, 0.1) is 39.1 Å². The molecule has 5 aromatic carbocycles. The highest BCUT2D eigenvalue weighted by Gasteiger charge is 2.16. The number of pyridine rings is 3. The van der Waals surface area contributed by atoms with Crippen LogP contribution in [-0.2, 0) is 0 Å². The van der Waals surface area contributed by atoms with Gasteiger partial charge in [0, 0.05) is 50.0 Å². The SMILES string of the molecule is c1ccc(-c2cc(-c3ccccc3)nc(-c3ccc(-c4nc5ccccc5c5cc6ccc7cccnc7c6nc45)cc3)n2)cc1. The number of hydrogen-bond donors (Lipinski definition) is 0. The second-order valence-electron chi connectivity index (χ2n) is 11.3. The molecule has 0 aliphatic rings. The number of hydrogen-bond acceptors (Lipinski definition) is 5. The molecule has 0 saturated carbocycles. The summed E-state index contributed by atoms with van der Waals surface area (Å²) in [4.78, 5) is 25.1. The number of para-hydroxylation sites is 1. The van der Waals surface area contributed by atoms with Gasteiger partial charge in [0.15, 0.2) is 5.82 Å². The molecule has 214 valence electrons. The molecule has 9 rings (SSSR count). The molecule has 0 aliphatic carbocycles. The maximum absolute atomic E-state index is 5.25. The molecule has 0 amide bonds. The number of nitrogens with zero attached hydrogens (tertiary/aromatic N) is 5. The lowest BCUT2D eigenvalue weighted by Gasteiger charge is -2.12. The van der Waals surface area contributed by atoms with Crippen LogP contribution in [0.5, 0.6) is 0 Å². The van der Waals surface area contributed by atoms with E-state index in [1.165, 1.54) is 0 Å². The highest BCUT2D eigenvalue weighted by Crippen LogP contribution is 2.36. The van der Waals surface area contributed by atoms with Crippen LogP contribution in [0.2, 0.25) is 0 Å². The van der Waals surface area contributed by atoms with E-state index in [2.05, 4.69) is 102 Å². The Morgan fingerprint density at radius 2 is 1.02 bits per heavy atom. The predicted molar refractivity (Wildman–Crippen MR) is 187 cm³/mol. The lowest BCUT2D eigenvalue weighted by Crippen LogP contribution is -1.96. The first-order chi connectivity index (χ1) is 22.8. The Labute approximate surface area is 264 Å². The molecule has 0 aliphatic heterocycles. The normalized spacial score (nSPS) is 11.5. The van der Waals surface area contributed by atoms with Crippen molar-refractivity contribution in [2.75, 3.05) is 0 Å². The molecule has 0 N–H and O–H groups in total. The van der Waals surface area contributed by atoms with Gasteiger partial charge in [0.25, 0.3) is 0 Å². The van der Waals surface area contributed by atoms with E-state index in [1.807, 2.05) is 54.7 Å². The fourth-order valence-electron chi connectivity index (χ4n) is 6.20. The standard InChI is InChI=1S/C41H25N5/c1-3-10-26(11-4-1)35-25-36(27-12-5-2-6-13-27)45-41(44-35)30-20-17-29(18-21-30)38-40-33(32-15-7-8-16-34(32)43-38)24-31-22-19-28-14-9-23-42-37(28)39(31)46-40/h1-25H. The molecule has 0 fully saturated rings. The third-order valence-corrected chi connectivity index (χ3v) is 8.49. The molecule has 0 radical (unpaired) electrons. The summed E-state index contributed by atoms with van der Waals surface area (Å²) in [5.41, 5.74) is 10.1. The van der Waals surface area contributed by atoms with E-state index in [0.29, 0.717) is 5.82 Å². The average Bonchev–Trinajstić information content (AvgIpc) is 3.14. The number of benzene rings is 5. The lowest BCUT2D eigenvalue weighted by molar-refractivity contribution is 1.18. The molecule has 5 heteroatoms. The molecule has 0 saturated heterocycles. The molecule has 0 unspecified atom stereocenters. The largest absolute Gasteiger partial charge is 0.254 e. The fraction of sp³-hybridized carbons (Fsp3) is 0. The lowest BCUT2D eigenvalue weighted by atomic mass is 10.0. The molecule has 0 spiro atoms. The van der Waals surface area contributed by atoms with E-state index < -0.39 is 0 Å². The van der Waals surface area contributed by atoms with E-state index in [-0.39, 0.29) is 0 Å². The van der Waals surface area contributed by atoms with Crippen molar-refractivity contribution < 1.29 is 0 Å². The molecule has 0 atom stereocenters. The van der Waals surface area contributed by atoms with Gasteiger partial charge in [-0.3, -0.25) is 4.98 Å². The van der Waals surface area contributed by atoms with Gasteiger partial charge in [0.1, 0.15) is 0 Å². The topological polar surface area (TPSA) is 64.5 Å². The van der Waals surface area contributed by atoms with Crippen LogP contribution in [0.4, 0.5) is 0 Å². The zero-order valence-electron chi connectivity index (χ0n) is 24.7. The highest BCUT2D eigenvalue weighted by molar-refractivity contribution is 6.15. The van der Waals surface area contributed by atoms with Crippen LogP contribution >= 0.6 is 0 Å². The molecular weight excluding hydrogens is 562 g/mol. The van der Waals surface area contributed by atoms with E-state index in [9.17, 15) is 0 Å². The quantitative estimate of drug-likeness (QED) is 0.151. The van der Waals surface area contributed by atoms with Crippen molar-refractivity contribution in [3.63, 3.8) is 0 Å². The van der Waals surface area contributed by atoms with E-state index in [0.717, 1.165) is 82.9 Å². The number of rotatable bonds is 4. The Balaban J connectivity index is 1.22. The van der Waals surface area contributed by atoms with E-state index >= 15 is 0 Å². The Bertz CT molecular complexity index is 2510. The summed E-state index contributed by atoms with van der Waals surface area (Å²) < 4.78 is 0. The van der Waals surface area contributed by atoms with Crippen LogP contribution in [-0.4, -0.2) is 24.9 Å². The summed E-state index contributed by atoms with van der Waals surface area (Å²) in [6, 6.07) is 49.6. The Morgan fingerprint density at radius 1 is 0.370 bits per heavy atom. The van der Waals surface area contributed by atoms with Gasteiger partial charge < -0.3 is 0 Å². The molecule has 5 nitrogen and oxygen atoms in total. The monoisotopic (exact) mass is 587 g/mol. The van der Waals surface area contributed by atoms with Gasteiger partial charge >= 0.3 is 0 Å². The van der Waals surface area contributed by atoms with Crippen molar-refractivity contribution in [2.45, 2.75) is 0 Å². The minimum atomic E-state index is 0.671. The Kier molecular flexibility index (Phi) is 6.06. The van der Waals surface area contributed by atoms with Crippen LogP contribution in [0, 0.1) is 0 Å². The molecular formula is C41H25N5. The smallest absolute Gasteiger partial charge is 0.160 e. The van der Waals surface area contributed by atoms with Crippen LogP contribution < -0.4 is 0 Å². The molecule has 9 aromatic rings. The minimum Gasteiger partial charge on any atom is -0.254 e. The van der Waals surface area contributed by atoms with Crippen molar-refractivity contribution in [3.8, 4) is 45.2 Å². The summed E-state index contributed by atoms with van der Waals surface area (Å²) in [5.74, 6) is 0.671. The van der Waals surface area contributed by atoms with Crippen molar-refractivity contribution in [1.82, 2.24) is 24.9 Å². The maximum atomic E-state index is 5.25. The van der Waals surface area contributed by atoms with Crippen molar-refractivity contribution in [1.29, 1.82) is 0 Å². The first-order valence-electron chi connectivity index (χ1n) is 15.3. The van der Waals surface area contributed by atoms with E-state index in [1.54, 1.807) is 0 Å². The number of aromatic nitrogens is 5. The maximum Gasteiger partial charge on any atom is 0.160 e. The Hall–Kier alpha value is -6.33. The fourth-order valence-corrected chi connectivity index (χ4v) is 6.20. The summed E-state index contributed by atoms with van der Waals surface area (Å²) in [6.07, 6.45) is 1.82. The first-order valence-corrected chi connectivity index (χ1v) is 15.3. The predicted octanol–water partition coefficient (Wildman–Crippen LogP) is 9.94.